The number of hydrogen-bond acceptors (Lipinski definition) is 3. The van der Waals surface area contributed by atoms with E-state index in [0.717, 1.165) is 19.3 Å². The number of aryl methyl sites for hydroxylation is 1. The largest absolute Gasteiger partial charge is 0.481 e. The summed E-state index contributed by atoms with van der Waals surface area (Å²) in [4.78, 5) is 24.2. The fourth-order valence-electron chi connectivity index (χ4n) is 2.03. The first-order valence-electron chi connectivity index (χ1n) is 7.18. The maximum atomic E-state index is 12.0. The average Bonchev–Trinajstić information content (AvgIpc) is 2.46. The van der Waals surface area contributed by atoms with E-state index in [1.165, 1.54) is 17.6 Å². The second-order valence-electron chi connectivity index (χ2n) is 4.89. The molecule has 0 aliphatic carbocycles. The van der Waals surface area contributed by atoms with Gasteiger partial charge in [-0.15, -0.1) is 0 Å². The van der Waals surface area contributed by atoms with Crippen LogP contribution in [0.1, 0.15) is 31.7 Å². The topological polar surface area (TPSA) is 66.8 Å². The van der Waals surface area contributed by atoms with E-state index in [1.807, 2.05) is 24.3 Å². The summed E-state index contributed by atoms with van der Waals surface area (Å²) < 4.78 is 4.85. The number of rotatable bonds is 9. The van der Waals surface area contributed by atoms with Crippen LogP contribution in [0.4, 0.5) is 5.69 Å². The molecule has 0 spiro atoms. The number of anilines is 1. The average molecular weight is 293 g/mol. The quantitative estimate of drug-likeness (QED) is 0.759. The molecule has 0 aliphatic heterocycles. The highest BCUT2D eigenvalue weighted by molar-refractivity contribution is 5.94. The third-order valence-corrected chi connectivity index (χ3v) is 3.19. The molecule has 1 N–H and O–H groups in total. The minimum Gasteiger partial charge on any atom is -0.481 e. The van der Waals surface area contributed by atoms with E-state index in [-0.39, 0.29) is 25.5 Å². The number of methoxy groups -OCH3 is 1. The number of hydrogen-bond donors (Lipinski definition) is 1. The Morgan fingerprint density at radius 3 is 2.43 bits per heavy atom. The molecular weight excluding hydrogens is 270 g/mol. The fraction of sp³-hybridized carbons (Fsp3) is 0.500. The van der Waals surface area contributed by atoms with Crippen molar-refractivity contribution in [2.75, 3.05) is 25.2 Å². The van der Waals surface area contributed by atoms with Crippen LogP contribution in [0.3, 0.4) is 0 Å². The van der Waals surface area contributed by atoms with Gasteiger partial charge in [0.2, 0.25) is 0 Å². The van der Waals surface area contributed by atoms with Gasteiger partial charge in [-0.3, -0.25) is 9.59 Å². The molecule has 1 rings (SSSR count). The van der Waals surface area contributed by atoms with Gasteiger partial charge in [-0.1, -0.05) is 25.5 Å². The summed E-state index contributed by atoms with van der Waals surface area (Å²) >= 11 is 0. The molecule has 0 aliphatic rings. The highest BCUT2D eigenvalue weighted by atomic mass is 16.5. The molecule has 0 unspecified atom stereocenters. The fourth-order valence-corrected chi connectivity index (χ4v) is 2.03. The summed E-state index contributed by atoms with van der Waals surface area (Å²) in [7, 11) is 1.45. The molecule has 5 nitrogen and oxygen atoms in total. The predicted molar refractivity (Wildman–Crippen MR) is 81.5 cm³/mol. The molecule has 0 aromatic heterocycles. The molecule has 0 radical (unpaired) electrons. The molecule has 21 heavy (non-hydrogen) atoms. The molecule has 5 heteroatoms. The van der Waals surface area contributed by atoms with Gasteiger partial charge in [0, 0.05) is 19.3 Å². The molecule has 1 amide bonds. The molecule has 1 aromatic rings. The molecule has 0 saturated heterocycles. The maximum Gasteiger partial charge on any atom is 0.305 e. The molecule has 0 atom stereocenters. The molecule has 116 valence electrons. The summed E-state index contributed by atoms with van der Waals surface area (Å²) in [6, 6.07) is 7.69. The highest BCUT2D eigenvalue weighted by Gasteiger charge is 2.16. The van der Waals surface area contributed by atoms with Crippen LogP contribution in [0.2, 0.25) is 0 Å². The van der Waals surface area contributed by atoms with Crippen molar-refractivity contribution >= 4 is 17.6 Å². The lowest BCUT2D eigenvalue weighted by atomic mass is 10.1. The van der Waals surface area contributed by atoms with Gasteiger partial charge >= 0.3 is 5.97 Å². The summed E-state index contributed by atoms with van der Waals surface area (Å²) in [5, 5.41) is 8.79. The zero-order valence-electron chi connectivity index (χ0n) is 12.7. The van der Waals surface area contributed by atoms with Gasteiger partial charge in [0.15, 0.2) is 0 Å². The molecule has 0 bridgehead atoms. The summed E-state index contributed by atoms with van der Waals surface area (Å²) in [6.45, 7) is 2.23. The van der Waals surface area contributed by atoms with Crippen LogP contribution in [-0.2, 0) is 20.7 Å². The van der Waals surface area contributed by atoms with Crippen LogP contribution < -0.4 is 4.90 Å². The Bertz CT molecular complexity index is 456. The Morgan fingerprint density at radius 2 is 1.90 bits per heavy atom. The van der Waals surface area contributed by atoms with Crippen molar-refractivity contribution in [2.24, 2.45) is 0 Å². The molecule has 1 aromatic carbocycles. The number of benzene rings is 1. The minimum atomic E-state index is -0.926. The first kappa shape index (κ1) is 17.2. The molecule has 0 heterocycles. The Morgan fingerprint density at radius 1 is 1.24 bits per heavy atom. The monoisotopic (exact) mass is 293 g/mol. The molecule has 0 saturated carbocycles. The van der Waals surface area contributed by atoms with Gasteiger partial charge in [-0.05, 0) is 30.5 Å². The SMILES string of the molecule is CCCCc1ccc(N(CCC(=O)O)C(=O)COC)cc1. The second kappa shape index (κ2) is 9.13. The van der Waals surface area contributed by atoms with Crippen molar-refractivity contribution in [3.05, 3.63) is 29.8 Å². The van der Waals surface area contributed by atoms with E-state index in [9.17, 15) is 9.59 Å². The first-order chi connectivity index (χ1) is 10.1. The lowest BCUT2D eigenvalue weighted by Gasteiger charge is -2.22. The number of carbonyl (C=O) groups excluding carboxylic acids is 1. The van der Waals surface area contributed by atoms with E-state index in [0.29, 0.717) is 5.69 Å². The van der Waals surface area contributed by atoms with Gasteiger partial charge in [0.05, 0.1) is 6.42 Å². The van der Waals surface area contributed by atoms with E-state index < -0.39 is 5.97 Å². The Hall–Kier alpha value is -1.88. The van der Waals surface area contributed by atoms with Crippen LogP contribution in [0.5, 0.6) is 0 Å². The van der Waals surface area contributed by atoms with Crippen molar-refractivity contribution in [2.45, 2.75) is 32.6 Å². The van der Waals surface area contributed by atoms with Crippen LogP contribution in [0.25, 0.3) is 0 Å². The lowest BCUT2D eigenvalue weighted by Crippen LogP contribution is -2.35. The highest BCUT2D eigenvalue weighted by Crippen LogP contribution is 2.17. The summed E-state index contributed by atoms with van der Waals surface area (Å²) in [5.74, 6) is -1.16. The zero-order valence-corrected chi connectivity index (χ0v) is 12.7. The standard InChI is InChI=1S/C16H23NO4/c1-3-4-5-13-6-8-14(9-7-13)17(11-10-16(19)20)15(18)12-21-2/h6-9H,3-5,10-12H2,1-2H3,(H,19,20). The van der Waals surface area contributed by atoms with E-state index >= 15 is 0 Å². The van der Waals surface area contributed by atoms with E-state index in [2.05, 4.69) is 6.92 Å². The second-order valence-corrected chi connectivity index (χ2v) is 4.89. The van der Waals surface area contributed by atoms with Crippen molar-refractivity contribution in [3.8, 4) is 0 Å². The first-order valence-corrected chi connectivity index (χ1v) is 7.18. The number of carboxylic acid groups (broad SMARTS) is 1. The number of unbranched alkanes of at least 4 members (excludes halogenated alkanes) is 1. The van der Waals surface area contributed by atoms with Crippen molar-refractivity contribution in [1.82, 2.24) is 0 Å². The van der Waals surface area contributed by atoms with Crippen molar-refractivity contribution in [1.29, 1.82) is 0 Å². The van der Waals surface area contributed by atoms with Gasteiger partial charge in [0.25, 0.3) is 5.91 Å². The predicted octanol–water partition coefficient (Wildman–Crippen LogP) is 2.48. The number of carbonyl (C=O) groups is 2. The number of ether oxygens (including phenoxy) is 1. The number of amides is 1. The van der Waals surface area contributed by atoms with Crippen LogP contribution in [-0.4, -0.2) is 37.2 Å². The van der Waals surface area contributed by atoms with Crippen LogP contribution >= 0.6 is 0 Å². The van der Waals surface area contributed by atoms with Gasteiger partial charge in [0.1, 0.15) is 6.61 Å². The Balaban J connectivity index is 2.81. The molecular formula is C16H23NO4. The van der Waals surface area contributed by atoms with Crippen molar-refractivity contribution in [3.63, 3.8) is 0 Å². The van der Waals surface area contributed by atoms with Crippen LogP contribution in [0.15, 0.2) is 24.3 Å². The minimum absolute atomic E-state index is 0.0583. The third kappa shape index (κ3) is 5.95. The zero-order chi connectivity index (χ0) is 15.7. The van der Waals surface area contributed by atoms with Crippen molar-refractivity contribution < 1.29 is 19.4 Å². The Kier molecular flexibility index (Phi) is 7.46. The van der Waals surface area contributed by atoms with Gasteiger partial charge in [-0.2, -0.15) is 0 Å². The summed E-state index contributed by atoms with van der Waals surface area (Å²) in [5.41, 5.74) is 1.93. The number of nitrogens with zero attached hydrogens (tertiary/aromatic N) is 1. The van der Waals surface area contributed by atoms with Gasteiger partial charge < -0.3 is 14.7 Å². The lowest BCUT2D eigenvalue weighted by molar-refractivity contribution is -0.136. The third-order valence-electron chi connectivity index (χ3n) is 3.19. The smallest absolute Gasteiger partial charge is 0.305 e. The maximum absolute atomic E-state index is 12.0. The van der Waals surface area contributed by atoms with E-state index in [4.69, 9.17) is 9.84 Å². The molecule has 0 fully saturated rings. The Labute approximate surface area is 125 Å². The van der Waals surface area contributed by atoms with Gasteiger partial charge in [-0.25, -0.2) is 0 Å². The van der Waals surface area contributed by atoms with Crippen LogP contribution in [0, 0.1) is 0 Å². The summed E-state index contributed by atoms with van der Waals surface area (Å²) in [6.07, 6.45) is 3.19. The van der Waals surface area contributed by atoms with E-state index in [1.54, 1.807) is 0 Å². The number of aliphatic carboxylic acids is 1. The normalized spacial score (nSPS) is 10.4. The number of carboxylic acids is 1.